The lowest BCUT2D eigenvalue weighted by Crippen LogP contribution is -1.95. The van der Waals surface area contributed by atoms with E-state index in [9.17, 15) is 5.11 Å². The Balaban J connectivity index is 2.01. The number of aromatic amines is 1. The fourth-order valence-corrected chi connectivity index (χ4v) is 2.30. The Hall–Kier alpha value is -2.16. The number of nitrogens with one attached hydrogen (secondary N) is 1. The Kier molecular flexibility index (Phi) is 3.03. The fraction of sp³-hybridized carbons (Fsp3) is 0.250. The van der Waals surface area contributed by atoms with Crippen LogP contribution in [0.4, 0.5) is 0 Å². The fourth-order valence-electron chi connectivity index (χ4n) is 2.30. The van der Waals surface area contributed by atoms with Gasteiger partial charge in [0.25, 0.3) is 0 Å². The van der Waals surface area contributed by atoms with Crippen LogP contribution in [-0.2, 0) is 0 Å². The molecule has 1 heterocycles. The largest absolute Gasteiger partial charge is 0.508 e. The molecular formula is C16H17NO2. The van der Waals surface area contributed by atoms with Crippen LogP contribution in [0, 0.1) is 0 Å². The highest BCUT2D eigenvalue weighted by Crippen LogP contribution is 2.30. The first-order valence-electron chi connectivity index (χ1n) is 6.65. The molecule has 1 aromatic heterocycles. The zero-order chi connectivity index (χ0) is 13.2. The molecule has 3 aromatic rings. The molecule has 0 spiro atoms. The van der Waals surface area contributed by atoms with Crippen molar-refractivity contribution in [2.45, 2.75) is 19.8 Å². The first-order valence-corrected chi connectivity index (χ1v) is 6.65. The first-order chi connectivity index (χ1) is 9.28. The minimum atomic E-state index is 0.276. The van der Waals surface area contributed by atoms with Crippen molar-refractivity contribution < 1.29 is 9.84 Å². The summed E-state index contributed by atoms with van der Waals surface area (Å²) in [7, 11) is 0. The van der Waals surface area contributed by atoms with E-state index in [0.717, 1.165) is 47.0 Å². The number of phenols is 1. The summed E-state index contributed by atoms with van der Waals surface area (Å²) >= 11 is 0. The van der Waals surface area contributed by atoms with Crippen molar-refractivity contribution in [1.29, 1.82) is 0 Å². The second-order valence-corrected chi connectivity index (χ2v) is 4.76. The van der Waals surface area contributed by atoms with Crippen LogP contribution in [0.15, 0.2) is 36.4 Å². The second-order valence-electron chi connectivity index (χ2n) is 4.76. The number of hydrogen-bond donors (Lipinski definition) is 2. The molecule has 3 rings (SSSR count). The van der Waals surface area contributed by atoms with Crippen molar-refractivity contribution in [3.8, 4) is 11.5 Å². The summed E-state index contributed by atoms with van der Waals surface area (Å²) in [5, 5.41) is 11.8. The summed E-state index contributed by atoms with van der Waals surface area (Å²) in [5.74, 6) is 1.16. The Morgan fingerprint density at radius 2 is 1.79 bits per heavy atom. The molecule has 0 saturated heterocycles. The smallest absolute Gasteiger partial charge is 0.121 e. The summed E-state index contributed by atoms with van der Waals surface area (Å²) in [5.41, 5.74) is 1.98. The number of H-pyrrole nitrogens is 1. The van der Waals surface area contributed by atoms with Crippen LogP contribution < -0.4 is 4.74 Å². The molecule has 3 nitrogen and oxygen atoms in total. The van der Waals surface area contributed by atoms with Gasteiger partial charge in [-0.15, -0.1) is 0 Å². The van der Waals surface area contributed by atoms with Gasteiger partial charge in [-0.05, 0) is 30.7 Å². The zero-order valence-corrected chi connectivity index (χ0v) is 10.9. The van der Waals surface area contributed by atoms with Crippen molar-refractivity contribution in [1.82, 2.24) is 4.98 Å². The molecule has 0 unspecified atom stereocenters. The van der Waals surface area contributed by atoms with Gasteiger partial charge in [-0.25, -0.2) is 0 Å². The maximum Gasteiger partial charge on any atom is 0.121 e. The Morgan fingerprint density at radius 1 is 1.05 bits per heavy atom. The van der Waals surface area contributed by atoms with E-state index >= 15 is 0 Å². The third-order valence-corrected chi connectivity index (χ3v) is 3.32. The van der Waals surface area contributed by atoms with E-state index in [1.54, 1.807) is 12.1 Å². The van der Waals surface area contributed by atoms with Gasteiger partial charge >= 0.3 is 0 Å². The average molecular weight is 255 g/mol. The van der Waals surface area contributed by atoms with Gasteiger partial charge in [0.05, 0.1) is 17.6 Å². The summed E-state index contributed by atoms with van der Waals surface area (Å²) < 4.78 is 5.70. The third kappa shape index (κ3) is 2.24. The highest BCUT2D eigenvalue weighted by Gasteiger charge is 2.06. The van der Waals surface area contributed by atoms with Gasteiger partial charge in [-0.1, -0.05) is 13.3 Å². The Labute approximate surface area is 111 Å². The molecule has 0 aliphatic rings. The molecule has 3 heteroatoms. The molecule has 0 saturated carbocycles. The van der Waals surface area contributed by atoms with E-state index < -0.39 is 0 Å². The monoisotopic (exact) mass is 255 g/mol. The Morgan fingerprint density at radius 3 is 2.58 bits per heavy atom. The van der Waals surface area contributed by atoms with Crippen molar-refractivity contribution in [3.05, 3.63) is 36.4 Å². The second kappa shape index (κ2) is 4.84. The average Bonchev–Trinajstić information content (AvgIpc) is 2.75. The van der Waals surface area contributed by atoms with E-state index in [1.165, 1.54) is 0 Å². The SMILES string of the molecule is CCCCOc1ccc2c(c1)[nH]c1cc(O)ccc12. The van der Waals surface area contributed by atoms with Crippen LogP contribution in [0.2, 0.25) is 0 Å². The molecule has 0 bridgehead atoms. The molecule has 0 radical (unpaired) electrons. The van der Waals surface area contributed by atoms with E-state index in [4.69, 9.17) is 4.74 Å². The van der Waals surface area contributed by atoms with E-state index in [1.807, 2.05) is 18.2 Å². The van der Waals surface area contributed by atoms with Crippen LogP contribution in [0.25, 0.3) is 21.8 Å². The number of unbranched alkanes of at least 4 members (excludes halogenated alkanes) is 1. The zero-order valence-electron chi connectivity index (χ0n) is 10.9. The lowest BCUT2D eigenvalue weighted by Gasteiger charge is -2.04. The highest BCUT2D eigenvalue weighted by molar-refractivity contribution is 6.07. The van der Waals surface area contributed by atoms with Gasteiger partial charge in [0.2, 0.25) is 0 Å². The van der Waals surface area contributed by atoms with Crippen LogP contribution in [0.1, 0.15) is 19.8 Å². The summed E-state index contributed by atoms with van der Waals surface area (Å²) in [6.07, 6.45) is 2.20. The third-order valence-electron chi connectivity index (χ3n) is 3.32. The van der Waals surface area contributed by atoms with Crippen molar-refractivity contribution in [3.63, 3.8) is 0 Å². The predicted molar refractivity (Wildman–Crippen MR) is 77.9 cm³/mol. The van der Waals surface area contributed by atoms with Gasteiger partial charge in [0, 0.05) is 22.9 Å². The van der Waals surface area contributed by atoms with Crippen LogP contribution in [-0.4, -0.2) is 16.7 Å². The number of aromatic hydroxyl groups is 1. The summed E-state index contributed by atoms with van der Waals surface area (Å²) in [4.78, 5) is 3.31. The molecule has 98 valence electrons. The number of benzene rings is 2. The molecule has 0 atom stereocenters. The van der Waals surface area contributed by atoms with Gasteiger partial charge < -0.3 is 14.8 Å². The van der Waals surface area contributed by atoms with Crippen LogP contribution in [0.5, 0.6) is 11.5 Å². The van der Waals surface area contributed by atoms with Crippen molar-refractivity contribution in [2.75, 3.05) is 6.61 Å². The lowest BCUT2D eigenvalue weighted by molar-refractivity contribution is 0.310. The van der Waals surface area contributed by atoms with Gasteiger partial charge in [0.15, 0.2) is 0 Å². The molecule has 0 aliphatic heterocycles. The molecule has 0 aliphatic carbocycles. The summed E-state index contributed by atoms with van der Waals surface area (Å²) in [6.45, 7) is 2.90. The van der Waals surface area contributed by atoms with Gasteiger partial charge in [-0.3, -0.25) is 0 Å². The number of ether oxygens (including phenoxy) is 1. The molecule has 0 fully saturated rings. The lowest BCUT2D eigenvalue weighted by atomic mass is 10.1. The summed E-state index contributed by atoms with van der Waals surface area (Å²) in [6, 6.07) is 11.5. The normalized spacial score (nSPS) is 11.2. The molecular weight excluding hydrogens is 238 g/mol. The molecule has 0 amide bonds. The van der Waals surface area contributed by atoms with Crippen molar-refractivity contribution in [2.24, 2.45) is 0 Å². The number of rotatable bonds is 4. The highest BCUT2D eigenvalue weighted by atomic mass is 16.5. The number of phenolic OH excluding ortho intramolecular Hbond substituents is 1. The standard InChI is InChI=1S/C16H17NO2/c1-2-3-8-19-12-5-7-14-13-6-4-11(18)9-15(13)17-16(14)10-12/h4-7,9-10,17-18H,2-3,8H2,1H3. The van der Waals surface area contributed by atoms with Gasteiger partial charge in [0.1, 0.15) is 11.5 Å². The first kappa shape index (κ1) is 11.9. The van der Waals surface area contributed by atoms with E-state index in [2.05, 4.69) is 18.0 Å². The van der Waals surface area contributed by atoms with Crippen LogP contribution >= 0.6 is 0 Å². The molecule has 2 N–H and O–H groups in total. The molecule has 19 heavy (non-hydrogen) atoms. The Bertz CT molecular complexity index is 715. The topological polar surface area (TPSA) is 45.2 Å². The minimum absolute atomic E-state index is 0.276. The molecule has 2 aromatic carbocycles. The number of aromatic nitrogens is 1. The maximum absolute atomic E-state index is 9.51. The minimum Gasteiger partial charge on any atom is -0.508 e. The van der Waals surface area contributed by atoms with Crippen LogP contribution in [0.3, 0.4) is 0 Å². The quantitative estimate of drug-likeness (QED) is 0.686. The van der Waals surface area contributed by atoms with E-state index in [-0.39, 0.29) is 5.75 Å². The predicted octanol–water partition coefficient (Wildman–Crippen LogP) is 4.21. The van der Waals surface area contributed by atoms with Gasteiger partial charge in [-0.2, -0.15) is 0 Å². The number of hydrogen-bond acceptors (Lipinski definition) is 2. The van der Waals surface area contributed by atoms with Crippen molar-refractivity contribution >= 4 is 21.8 Å². The van der Waals surface area contributed by atoms with E-state index in [0.29, 0.717) is 0 Å². The maximum atomic E-state index is 9.51. The number of fused-ring (bicyclic) bond motifs is 3.